The Bertz CT molecular complexity index is 978. The van der Waals surface area contributed by atoms with E-state index in [9.17, 15) is 9.59 Å². The maximum absolute atomic E-state index is 13.0. The SMILES string of the molecule is CC[C@@H](C)NC(=O)CSc1nc2cc(C)[nH]c2c(=O)n1-c1ccccc1. The molecular formula is C19H22N4O2S. The van der Waals surface area contributed by atoms with Gasteiger partial charge in [0.2, 0.25) is 5.91 Å². The van der Waals surface area contributed by atoms with Crippen LogP contribution in [-0.2, 0) is 4.79 Å². The van der Waals surface area contributed by atoms with E-state index in [-0.39, 0.29) is 23.3 Å². The Hall–Kier alpha value is -2.54. The van der Waals surface area contributed by atoms with E-state index in [1.165, 1.54) is 11.8 Å². The fraction of sp³-hybridized carbons (Fsp3) is 0.316. The van der Waals surface area contributed by atoms with Crippen LogP contribution in [0.25, 0.3) is 16.7 Å². The van der Waals surface area contributed by atoms with E-state index in [0.29, 0.717) is 16.2 Å². The first-order valence-electron chi connectivity index (χ1n) is 8.59. The molecule has 1 amide bonds. The van der Waals surface area contributed by atoms with Gasteiger partial charge in [-0.15, -0.1) is 0 Å². The van der Waals surface area contributed by atoms with Crippen molar-refractivity contribution in [2.75, 3.05) is 5.75 Å². The number of carbonyl (C=O) groups excluding carboxylic acids is 1. The molecule has 0 fully saturated rings. The number of rotatable bonds is 6. The van der Waals surface area contributed by atoms with Gasteiger partial charge in [0.15, 0.2) is 5.16 Å². The van der Waals surface area contributed by atoms with Gasteiger partial charge >= 0.3 is 0 Å². The zero-order valence-corrected chi connectivity index (χ0v) is 15.9. The molecule has 0 bridgehead atoms. The molecule has 1 atom stereocenters. The van der Waals surface area contributed by atoms with Crippen molar-refractivity contribution in [3.05, 3.63) is 52.4 Å². The zero-order chi connectivity index (χ0) is 18.7. The van der Waals surface area contributed by atoms with E-state index in [2.05, 4.69) is 15.3 Å². The van der Waals surface area contributed by atoms with E-state index in [1.54, 1.807) is 4.57 Å². The summed E-state index contributed by atoms with van der Waals surface area (Å²) in [6.07, 6.45) is 0.873. The lowest BCUT2D eigenvalue weighted by Gasteiger charge is -2.13. The molecule has 1 aromatic carbocycles. The molecule has 0 unspecified atom stereocenters. The molecule has 2 aromatic heterocycles. The highest BCUT2D eigenvalue weighted by molar-refractivity contribution is 7.99. The highest BCUT2D eigenvalue weighted by atomic mass is 32.2. The van der Waals surface area contributed by atoms with E-state index in [4.69, 9.17) is 0 Å². The van der Waals surface area contributed by atoms with Gasteiger partial charge in [0.25, 0.3) is 5.56 Å². The summed E-state index contributed by atoms with van der Waals surface area (Å²) < 4.78 is 1.56. The van der Waals surface area contributed by atoms with Gasteiger partial charge in [-0.3, -0.25) is 14.2 Å². The van der Waals surface area contributed by atoms with Crippen LogP contribution in [0, 0.1) is 6.92 Å². The standard InChI is InChI=1S/C19H22N4O2S/c1-4-12(2)20-16(24)11-26-19-22-15-10-13(3)21-17(15)18(25)23(19)14-8-6-5-7-9-14/h5-10,12,21H,4,11H2,1-3H3,(H,20,24)/t12-/m1/s1. The van der Waals surface area contributed by atoms with Crippen LogP contribution in [0.2, 0.25) is 0 Å². The van der Waals surface area contributed by atoms with Gasteiger partial charge in [0, 0.05) is 11.7 Å². The number of benzene rings is 1. The highest BCUT2D eigenvalue weighted by Crippen LogP contribution is 2.21. The molecule has 0 aliphatic rings. The van der Waals surface area contributed by atoms with Crippen LogP contribution in [0.1, 0.15) is 26.0 Å². The fourth-order valence-electron chi connectivity index (χ4n) is 2.63. The quantitative estimate of drug-likeness (QED) is 0.516. The number of nitrogens with one attached hydrogen (secondary N) is 2. The number of H-pyrrole nitrogens is 1. The number of nitrogens with zero attached hydrogens (tertiary/aromatic N) is 2. The van der Waals surface area contributed by atoms with Crippen molar-refractivity contribution in [3.8, 4) is 5.69 Å². The number of fused-ring (bicyclic) bond motifs is 1. The molecule has 2 heterocycles. The maximum Gasteiger partial charge on any atom is 0.283 e. The Balaban J connectivity index is 2.00. The number of carbonyl (C=O) groups is 1. The zero-order valence-electron chi connectivity index (χ0n) is 15.1. The second-order valence-corrected chi connectivity index (χ2v) is 7.19. The minimum absolute atomic E-state index is 0.0662. The van der Waals surface area contributed by atoms with Crippen LogP contribution in [-0.4, -0.2) is 32.2 Å². The van der Waals surface area contributed by atoms with E-state index in [0.717, 1.165) is 17.8 Å². The third-order valence-corrected chi connectivity index (χ3v) is 5.06. The molecule has 6 nitrogen and oxygen atoms in total. The molecule has 3 aromatic rings. The topological polar surface area (TPSA) is 79.8 Å². The predicted octanol–water partition coefficient (Wildman–Crippen LogP) is 3.03. The van der Waals surface area contributed by atoms with Crippen molar-refractivity contribution in [1.82, 2.24) is 19.9 Å². The summed E-state index contributed by atoms with van der Waals surface area (Å²) in [5.41, 5.74) is 2.52. The third-order valence-electron chi connectivity index (χ3n) is 4.12. The summed E-state index contributed by atoms with van der Waals surface area (Å²) in [6, 6.07) is 11.3. The Morgan fingerprint density at radius 1 is 1.35 bits per heavy atom. The smallest absolute Gasteiger partial charge is 0.283 e. The second-order valence-electron chi connectivity index (χ2n) is 6.25. The molecule has 26 heavy (non-hydrogen) atoms. The van der Waals surface area contributed by atoms with E-state index < -0.39 is 0 Å². The molecule has 136 valence electrons. The monoisotopic (exact) mass is 370 g/mol. The number of aryl methyl sites for hydroxylation is 1. The summed E-state index contributed by atoms with van der Waals surface area (Å²) in [7, 11) is 0. The molecule has 0 aliphatic heterocycles. The first-order valence-corrected chi connectivity index (χ1v) is 9.58. The van der Waals surface area contributed by atoms with Crippen LogP contribution >= 0.6 is 11.8 Å². The number of aromatic amines is 1. The van der Waals surface area contributed by atoms with Gasteiger partial charge in [0.05, 0.1) is 17.0 Å². The number of hydrogen-bond donors (Lipinski definition) is 2. The van der Waals surface area contributed by atoms with Gasteiger partial charge in [-0.2, -0.15) is 0 Å². The Kier molecular flexibility index (Phi) is 5.46. The minimum atomic E-state index is -0.167. The second kappa shape index (κ2) is 7.78. The molecule has 0 saturated heterocycles. The normalized spacial score (nSPS) is 12.3. The third kappa shape index (κ3) is 3.83. The van der Waals surface area contributed by atoms with Crippen molar-refractivity contribution in [2.24, 2.45) is 0 Å². The van der Waals surface area contributed by atoms with Crippen LogP contribution in [0.4, 0.5) is 0 Å². The summed E-state index contributed by atoms with van der Waals surface area (Å²) >= 11 is 1.27. The summed E-state index contributed by atoms with van der Waals surface area (Å²) in [4.78, 5) is 32.8. The minimum Gasteiger partial charge on any atom is -0.353 e. The van der Waals surface area contributed by atoms with Crippen molar-refractivity contribution in [2.45, 2.75) is 38.4 Å². The highest BCUT2D eigenvalue weighted by Gasteiger charge is 2.16. The predicted molar refractivity (Wildman–Crippen MR) is 105 cm³/mol. The molecule has 0 saturated carbocycles. The van der Waals surface area contributed by atoms with Gasteiger partial charge in [-0.1, -0.05) is 36.9 Å². The average molecular weight is 370 g/mol. The first-order chi connectivity index (χ1) is 12.5. The van der Waals surface area contributed by atoms with Crippen LogP contribution in [0.15, 0.2) is 46.3 Å². The number of amides is 1. The lowest BCUT2D eigenvalue weighted by Crippen LogP contribution is -2.33. The molecule has 0 aliphatic carbocycles. The Labute approximate surface area is 156 Å². The summed E-state index contributed by atoms with van der Waals surface area (Å²) in [5.74, 6) is 0.141. The van der Waals surface area contributed by atoms with Crippen LogP contribution < -0.4 is 10.9 Å². The Morgan fingerprint density at radius 2 is 2.08 bits per heavy atom. The van der Waals surface area contributed by atoms with Crippen LogP contribution in [0.3, 0.4) is 0 Å². The molecule has 0 radical (unpaired) electrons. The number of para-hydroxylation sites is 1. The molecular weight excluding hydrogens is 348 g/mol. The van der Waals surface area contributed by atoms with Crippen molar-refractivity contribution in [1.29, 1.82) is 0 Å². The fourth-order valence-corrected chi connectivity index (χ4v) is 3.45. The van der Waals surface area contributed by atoms with Crippen molar-refractivity contribution < 1.29 is 4.79 Å². The van der Waals surface area contributed by atoms with Gasteiger partial charge in [-0.25, -0.2) is 4.98 Å². The number of aromatic nitrogens is 3. The first kappa shape index (κ1) is 18.3. The summed E-state index contributed by atoms with van der Waals surface area (Å²) in [6.45, 7) is 5.88. The number of hydrogen-bond acceptors (Lipinski definition) is 4. The molecule has 2 N–H and O–H groups in total. The van der Waals surface area contributed by atoms with Crippen molar-refractivity contribution in [3.63, 3.8) is 0 Å². The lowest BCUT2D eigenvalue weighted by atomic mass is 10.3. The van der Waals surface area contributed by atoms with E-state index >= 15 is 0 Å². The maximum atomic E-state index is 13.0. The molecule has 7 heteroatoms. The van der Waals surface area contributed by atoms with E-state index in [1.807, 2.05) is 57.2 Å². The molecule has 0 spiro atoms. The van der Waals surface area contributed by atoms with Gasteiger partial charge in [-0.05, 0) is 38.5 Å². The summed E-state index contributed by atoms with van der Waals surface area (Å²) in [5, 5.41) is 3.44. The number of thioether (sulfide) groups is 1. The largest absolute Gasteiger partial charge is 0.353 e. The average Bonchev–Trinajstić information content (AvgIpc) is 3.01. The Morgan fingerprint density at radius 3 is 2.77 bits per heavy atom. The van der Waals surface area contributed by atoms with Crippen molar-refractivity contribution >= 4 is 28.7 Å². The van der Waals surface area contributed by atoms with Gasteiger partial charge < -0.3 is 10.3 Å². The van der Waals surface area contributed by atoms with Gasteiger partial charge in [0.1, 0.15) is 5.52 Å². The lowest BCUT2D eigenvalue weighted by molar-refractivity contribution is -0.119. The molecule has 3 rings (SSSR count). The van der Waals surface area contributed by atoms with Crippen LogP contribution in [0.5, 0.6) is 0 Å².